The fraction of sp³-hybridized carbons (Fsp3) is 1.00. The molecule has 0 spiro atoms. The van der Waals surface area contributed by atoms with Crippen molar-refractivity contribution < 1.29 is 0 Å². The minimum Gasteiger partial charge on any atom is -0.329 e. The second-order valence-corrected chi connectivity index (χ2v) is 5.85. The van der Waals surface area contributed by atoms with Crippen LogP contribution in [0.3, 0.4) is 0 Å². The maximum absolute atomic E-state index is 6.07. The molecule has 15 heavy (non-hydrogen) atoms. The van der Waals surface area contributed by atoms with Crippen LogP contribution in [0.4, 0.5) is 0 Å². The molecule has 1 aliphatic heterocycles. The zero-order valence-electron chi connectivity index (χ0n) is 10.3. The first-order chi connectivity index (χ1) is 7.18. The van der Waals surface area contributed by atoms with E-state index < -0.39 is 0 Å². The summed E-state index contributed by atoms with van der Waals surface area (Å²) < 4.78 is 0. The molecule has 1 aliphatic carbocycles. The van der Waals surface area contributed by atoms with E-state index in [1.54, 1.807) is 0 Å². The lowest BCUT2D eigenvalue weighted by Crippen LogP contribution is -2.54. The third-order valence-electron chi connectivity index (χ3n) is 4.82. The molecule has 2 fully saturated rings. The lowest BCUT2D eigenvalue weighted by atomic mass is 9.80. The van der Waals surface area contributed by atoms with Gasteiger partial charge in [0.1, 0.15) is 0 Å². The molecule has 0 aromatic heterocycles. The Morgan fingerprint density at radius 1 is 1.07 bits per heavy atom. The van der Waals surface area contributed by atoms with E-state index in [1.165, 1.54) is 45.2 Å². The van der Waals surface area contributed by atoms with Crippen LogP contribution >= 0.6 is 0 Å². The molecular formula is C13H26N2. The molecule has 2 atom stereocenters. The van der Waals surface area contributed by atoms with Gasteiger partial charge in [0.15, 0.2) is 0 Å². The number of likely N-dealkylation sites (tertiary alicyclic amines) is 1. The second-order valence-electron chi connectivity index (χ2n) is 5.85. The Bertz CT molecular complexity index is 199. The van der Waals surface area contributed by atoms with Crippen molar-refractivity contribution in [2.45, 2.75) is 51.5 Å². The van der Waals surface area contributed by atoms with Crippen molar-refractivity contribution in [3.05, 3.63) is 0 Å². The average molecular weight is 210 g/mol. The van der Waals surface area contributed by atoms with Crippen LogP contribution in [0.1, 0.15) is 46.0 Å². The van der Waals surface area contributed by atoms with Crippen LogP contribution in [-0.2, 0) is 0 Å². The first kappa shape index (κ1) is 11.4. The molecule has 1 saturated carbocycles. The molecule has 0 bridgehead atoms. The van der Waals surface area contributed by atoms with Gasteiger partial charge in [0.25, 0.3) is 0 Å². The number of nitrogens with two attached hydrogens (primary N) is 1. The summed E-state index contributed by atoms with van der Waals surface area (Å²) in [6.45, 7) is 8.19. The van der Waals surface area contributed by atoms with E-state index in [1.807, 2.05) is 0 Å². The molecule has 1 heterocycles. The summed E-state index contributed by atoms with van der Waals surface area (Å²) in [5.74, 6) is 1.71. The van der Waals surface area contributed by atoms with E-state index in [9.17, 15) is 0 Å². The summed E-state index contributed by atoms with van der Waals surface area (Å²) in [6.07, 6.45) is 6.86. The van der Waals surface area contributed by atoms with Gasteiger partial charge in [0.2, 0.25) is 0 Å². The van der Waals surface area contributed by atoms with Crippen LogP contribution in [0, 0.1) is 11.8 Å². The fourth-order valence-corrected chi connectivity index (χ4v) is 3.38. The minimum atomic E-state index is 0.372. The summed E-state index contributed by atoms with van der Waals surface area (Å²) in [7, 11) is 0. The summed E-state index contributed by atoms with van der Waals surface area (Å²) in [5.41, 5.74) is 6.44. The van der Waals surface area contributed by atoms with Gasteiger partial charge in [-0.25, -0.2) is 0 Å². The number of nitrogens with zero attached hydrogens (tertiary/aromatic N) is 1. The van der Waals surface area contributed by atoms with Crippen molar-refractivity contribution in [1.29, 1.82) is 0 Å². The van der Waals surface area contributed by atoms with Crippen molar-refractivity contribution in [2.75, 3.05) is 19.6 Å². The van der Waals surface area contributed by atoms with Gasteiger partial charge in [-0.1, -0.05) is 33.1 Å². The fourth-order valence-electron chi connectivity index (χ4n) is 3.38. The van der Waals surface area contributed by atoms with Gasteiger partial charge in [0.05, 0.1) is 0 Å². The van der Waals surface area contributed by atoms with E-state index >= 15 is 0 Å². The predicted molar refractivity (Wildman–Crippen MR) is 64.8 cm³/mol. The topological polar surface area (TPSA) is 29.3 Å². The molecule has 2 nitrogen and oxygen atoms in total. The van der Waals surface area contributed by atoms with Crippen molar-refractivity contribution in [2.24, 2.45) is 17.6 Å². The Morgan fingerprint density at radius 2 is 1.60 bits per heavy atom. The molecule has 0 radical (unpaired) electrons. The third-order valence-corrected chi connectivity index (χ3v) is 4.82. The lowest BCUT2D eigenvalue weighted by molar-refractivity contribution is 0.0756. The average Bonchev–Trinajstić information content (AvgIpc) is 2.61. The van der Waals surface area contributed by atoms with Gasteiger partial charge in [-0.05, 0) is 24.7 Å². The lowest BCUT2D eigenvalue weighted by Gasteiger charge is -2.44. The third kappa shape index (κ3) is 2.07. The van der Waals surface area contributed by atoms with Gasteiger partial charge < -0.3 is 5.73 Å². The maximum atomic E-state index is 6.07. The van der Waals surface area contributed by atoms with Crippen LogP contribution in [0.2, 0.25) is 0 Å². The standard InChI is InChI=1S/C13H26N2/c1-11-8-15(9-12(11)2)13(10-14)6-4-3-5-7-13/h11-12H,3-10,14H2,1-2H3. The SMILES string of the molecule is CC1CN(C2(CN)CCCCC2)CC1C. The van der Waals surface area contributed by atoms with Crippen molar-refractivity contribution in [3.63, 3.8) is 0 Å². The summed E-state index contributed by atoms with van der Waals surface area (Å²) in [6, 6.07) is 0. The zero-order chi connectivity index (χ0) is 10.9. The summed E-state index contributed by atoms with van der Waals surface area (Å²) >= 11 is 0. The summed E-state index contributed by atoms with van der Waals surface area (Å²) in [4.78, 5) is 2.71. The van der Waals surface area contributed by atoms with E-state index in [4.69, 9.17) is 5.73 Å². The highest BCUT2D eigenvalue weighted by Gasteiger charge is 2.41. The number of hydrogen-bond acceptors (Lipinski definition) is 2. The maximum Gasteiger partial charge on any atom is 0.0331 e. The van der Waals surface area contributed by atoms with Crippen LogP contribution in [0.25, 0.3) is 0 Å². The highest BCUT2D eigenvalue weighted by atomic mass is 15.2. The molecular weight excluding hydrogens is 184 g/mol. The van der Waals surface area contributed by atoms with E-state index in [2.05, 4.69) is 18.7 Å². The Hall–Kier alpha value is -0.0800. The number of rotatable bonds is 2. The van der Waals surface area contributed by atoms with Crippen molar-refractivity contribution in [1.82, 2.24) is 4.90 Å². The molecule has 2 aliphatic rings. The van der Waals surface area contributed by atoms with Crippen molar-refractivity contribution in [3.8, 4) is 0 Å². The van der Waals surface area contributed by atoms with Gasteiger partial charge in [-0.3, -0.25) is 4.90 Å². The minimum absolute atomic E-state index is 0.372. The molecule has 0 amide bonds. The molecule has 0 aromatic rings. The Morgan fingerprint density at radius 3 is 2.07 bits per heavy atom. The quantitative estimate of drug-likeness (QED) is 0.757. The Labute approximate surface area is 94.2 Å². The van der Waals surface area contributed by atoms with Gasteiger partial charge in [-0.2, -0.15) is 0 Å². The van der Waals surface area contributed by atoms with E-state index in [-0.39, 0.29) is 0 Å². The molecule has 2 N–H and O–H groups in total. The molecule has 2 rings (SSSR count). The van der Waals surface area contributed by atoms with Gasteiger partial charge in [-0.15, -0.1) is 0 Å². The van der Waals surface area contributed by atoms with Crippen LogP contribution in [0.15, 0.2) is 0 Å². The molecule has 88 valence electrons. The van der Waals surface area contributed by atoms with Crippen LogP contribution in [-0.4, -0.2) is 30.1 Å². The molecule has 2 heteroatoms. The zero-order valence-corrected chi connectivity index (χ0v) is 10.3. The molecule has 2 unspecified atom stereocenters. The highest BCUT2D eigenvalue weighted by molar-refractivity contribution is 4.98. The smallest absolute Gasteiger partial charge is 0.0331 e. The Balaban J connectivity index is 2.06. The monoisotopic (exact) mass is 210 g/mol. The van der Waals surface area contributed by atoms with E-state index in [0.717, 1.165) is 18.4 Å². The highest BCUT2D eigenvalue weighted by Crippen LogP contribution is 2.37. The van der Waals surface area contributed by atoms with Gasteiger partial charge >= 0.3 is 0 Å². The Kier molecular flexibility index (Phi) is 3.36. The second kappa shape index (κ2) is 4.42. The van der Waals surface area contributed by atoms with Crippen LogP contribution in [0.5, 0.6) is 0 Å². The number of hydrogen-bond donors (Lipinski definition) is 1. The van der Waals surface area contributed by atoms with Crippen molar-refractivity contribution >= 4 is 0 Å². The first-order valence-corrected chi connectivity index (χ1v) is 6.63. The van der Waals surface area contributed by atoms with Gasteiger partial charge in [0, 0.05) is 25.2 Å². The predicted octanol–water partition coefficient (Wildman–Crippen LogP) is 2.24. The summed E-state index contributed by atoms with van der Waals surface area (Å²) in [5, 5.41) is 0. The van der Waals surface area contributed by atoms with E-state index in [0.29, 0.717) is 5.54 Å². The first-order valence-electron chi connectivity index (χ1n) is 6.63. The van der Waals surface area contributed by atoms with Crippen LogP contribution < -0.4 is 5.73 Å². The largest absolute Gasteiger partial charge is 0.329 e. The molecule has 1 saturated heterocycles. The molecule has 0 aromatic carbocycles. The normalized spacial score (nSPS) is 37.0.